The number of hydrogen-bond acceptors (Lipinski definition) is 3. The van der Waals surface area contributed by atoms with Crippen LogP contribution in [-0.2, 0) is 16.1 Å². The average molecular weight is 429 g/mol. The summed E-state index contributed by atoms with van der Waals surface area (Å²) < 4.78 is 19.1. The molecule has 0 bridgehead atoms. The fraction of sp³-hybridized carbons (Fsp3) is 0.440. The zero-order valence-corrected chi connectivity index (χ0v) is 19.0. The minimum atomic E-state index is -0.699. The summed E-state index contributed by atoms with van der Waals surface area (Å²) in [5.74, 6) is 0.0195. The molecule has 2 amide bonds. The Bertz CT molecular complexity index is 867. The SMILES string of the molecule is CC[C@@H](C)NC(=O)[C@@H](C)N(Cc1ccc(F)cc1)C(=O)COc1ccccc1C(C)C. The molecule has 2 aromatic carbocycles. The van der Waals surface area contributed by atoms with Crippen LogP contribution in [0.5, 0.6) is 5.75 Å². The highest BCUT2D eigenvalue weighted by Gasteiger charge is 2.27. The second kappa shape index (κ2) is 11.5. The highest BCUT2D eigenvalue weighted by Crippen LogP contribution is 2.26. The van der Waals surface area contributed by atoms with Crippen molar-refractivity contribution in [1.29, 1.82) is 0 Å². The maximum atomic E-state index is 13.3. The van der Waals surface area contributed by atoms with Crippen LogP contribution in [0.2, 0.25) is 0 Å². The smallest absolute Gasteiger partial charge is 0.261 e. The van der Waals surface area contributed by atoms with Gasteiger partial charge in [-0.25, -0.2) is 4.39 Å². The third-order valence-corrected chi connectivity index (χ3v) is 5.33. The number of amides is 2. The predicted octanol–water partition coefficient (Wildman–Crippen LogP) is 4.66. The number of carbonyl (C=O) groups excluding carboxylic acids is 2. The molecule has 1 N–H and O–H groups in total. The first kappa shape index (κ1) is 24.4. The molecular formula is C25H33FN2O3. The van der Waals surface area contributed by atoms with Crippen LogP contribution in [0.3, 0.4) is 0 Å². The molecule has 0 aromatic heterocycles. The van der Waals surface area contributed by atoms with Crippen molar-refractivity contribution < 1.29 is 18.7 Å². The standard InChI is InChI=1S/C25H33FN2O3/c1-6-18(4)27-25(30)19(5)28(15-20-11-13-21(26)14-12-20)24(29)16-31-23-10-8-7-9-22(23)17(2)3/h7-14,17-19H,6,15-16H2,1-5H3,(H,27,30)/t18-,19-/m1/s1. The first-order valence-corrected chi connectivity index (χ1v) is 10.8. The maximum absolute atomic E-state index is 13.3. The fourth-order valence-electron chi connectivity index (χ4n) is 3.15. The quantitative estimate of drug-likeness (QED) is 0.599. The summed E-state index contributed by atoms with van der Waals surface area (Å²) in [6.45, 7) is 9.72. The molecule has 0 saturated carbocycles. The van der Waals surface area contributed by atoms with Gasteiger partial charge >= 0.3 is 0 Å². The Morgan fingerprint density at radius 2 is 1.68 bits per heavy atom. The highest BCUT2D eigenvalue weighted by molar-refractivity contribution is 5.88. The molecule has 0 radical (unpaired) electrons. The largest absolute Gasteiger partial charge is 0.483 e. The number of carbonyl (C=O) groups is 2. The molecule has 0 aliphatic heterocycles. The Hall–Kier alpha value is -2.89. The van der Waals surface area contributed by atoms with Crippen LogP contribution in [0.25, 0.3) is 0 Å². The van der Waals surface area contributed by atoms with E-state index < -0.39 is 6.04 Å². The minimum Gasteiger partial charge on any atom is -0.483 e. The topological polar surface area (TPSA) is 58.6 Å². The van der Waals surface area contributed by atoms with E-state index in [1.807, 2.05) is 38.1 Å². The number of benzene rings is 2. The van der Waals surface area contributed by atoms with Gasteiger partial charge in [0.05, 0.1) is 0 Å². The summed E-state index contributed by atoms with van der Waals surface area (Å²) >= 11 is 0. The Labute approximate surface area is 184 Å². The Morgan fingerprint density at radius 1 is 1.03 bits per heavy atom. The zero-order chi connectivity index (χ0) is 23.0. The van der Waals surface area contributed by atoms with E-state index in [9.17, 15) is 14.0 Å². The van der Waals surface area contributed by atoms with Gasteiger partial charge in [0.2, 0.25) is 5.91 Å². The molecule has 0 aliphatic rings. The lowest BCUT2D eigenvalue weighted by Crippen LogP contribution is -2.50. The molecular weight excluding hydrogens is 395 g/mol. The van der Waals surface area contributed by atoms with Crippen molar-refractivity contribution in [2.75, 3.05) is 6.61 Å². The van der Waals surface area contributed by atoms with Crippen LogP contribution in [0.15, 0.2) is 48.5 Å². The molecule has 0 fully saturated rings. The van der Waals surface area contributed by atoms with E-state index in [4.69, 9.17) is 4.74 Å². The number of para-hydroxylation sites is 1. The van der Waals surface area contributed by atoms with Crippen molar-refractivity contribution in [3.05, 3.63) is 65.5 Å². The third kappa shape index (κ3) is 7.09. The molecule has 2 aromatic rings. The van der Waals surface area contributed by atoms with Crippen molar-refractivity contribution >= 4 is 11.8 Å². The number of nitrogens with zero attached hydrogens (tertiary/aromatic N) is 1. The zero-order valence-electron chi connectivity index (χ0n) is 19.0. The summed E-state index contributed by atoms with van der Waals surface area (Å²) in [5.41, 5.74) is 1.75. The van der Waals surface area contributed by atoms with E-state index in [0.29, 0.717) is 5.75 Å². The maximum Gasteiger partial charge on any atom is 0.261 e. The fourth-order valence-corrected chi connectivity index (χ4v) is 3.15. The lowest BCUT2D eigenvalue weighted by Gasteiger charge is -2.29. The monoisotopic (exact) mass is 428 g/mol. The van der Waals surface area contributed by atoms with Crippen molar-refractivity contribution in [2.45, 2.75) is 65.6 Å². The van der Waals surface area contributed by atoms with Crippen LogP contribution in [0.1, 0.15) is 58.1 Å². The van der Waals surface area contributed by atoms with Gasteiger partial charge < -0.3 is 15.0 Å². The first-order chi connectivity index (χ1) is 14.7. The van der Waals surface area contributed by atoms with E-state index in [1.165, 1.54) is 17.0 Å². The normalized spacial score (nSPS) is 12.9. The first-order valence-electron chi connectivity index (χ1n) is 10.8. The van der Waals surface area contributed by atoms with Gasteiger partial charge in [-0.2, -0.15) is 0 Å². The van der Waals surface area contributed by atoms with Crippen LogP contribution in [0, 0.1) is 5.82 Å². The molecule has 5 nitrogen and oxygen atoms in total. The van der Waals surface area contributed by atoms with Gasteiger partial charge in [0.25, 0.3) is 5.91 Å². The predicted molar refractivity (Wildman–Crippen MR) is 120 cm³/mol. The van der Waals surface area contributed by atoms with Crippen molar-refractivity contribution in [1.82, 2.24) is 10.2 Å². The molecule has 168 valence electrons. The van der Waals surface area contributed by atoms with Gasteiger partial charge in [0.15, 0.2) is 6.61 Å². The molecule has 31 heavy (non-hydrogen) atoms. The number of ether oxygens (including phenoxy) is 1. The van der Waals surface area contributed by atoms with E-state index in [2.05, 4.69) is 19.2 Å². The lowest BCUT2D eigenvalue weighted by atomic mass is 10.0. The van der Waals surface area contributed by atoms with Crippen LogP contribution >= 0.6 is 0 Å². The summed E-state index contributed by atoms with van der Waals surface area (Å²) in [6.07, 6.45) is 0.791. The van der Waals surface area contributed by atoms with E-state index in [1.54, 1.807) is 19.1 Å². The van der Waals surface area contributed by atoms with E-state index in [-0.39, 0.29) is 42.7 Å². The molecule has 0 spiro atoms. The summed E-state index contributed by atoms with van der Waals surface area (Å²) in [5, 5.41) is 2.92. The summed E-state index contributed by atoms with van der Waals surface area (Å²) in [6, 6.07) is 12.8. The second-order valence-electron chi connectivity index (χ2n) is 8.12. The molecule has 2 atom stereocenters. The molecule has 0 saturated heterocycles. The summed E-state index contributed by atoms with van der Waals surface area (Å²) in [7, 11) is 0. The Morgan fingerprint density at radius 3 is 2.29 bits per heavy atom. The van der Waals surface area contributed by atoms with Gasteiger partial charge in [-0.1, -0.05) is 51.1 Å². The molecule has 0 aliphatic carbocycles. The average Bonchev–Trinajstić information content (AvgIpc) is 2.76. The van der Waals surface area contributed by atoms with Gasteiger partial charge in [-0.15, -0.1) is 0 Å². The van der Waals surface area contributed by atoms with Crippen LogP contribution < -0.4 is 10.1 Å². The number of rotatable bonds is 10. The second-order valence-corrected chi connectivity index (χ2v) is 8.12. The van der Waals surface area contributed by atoms with Gasteiger partial charge in [0, 0.05) is 12.6 Å². The molecule has 6 heteroatoms. The van der Waals surface area contributed by atoms with E-state index in [0.717, 1.165) is 17.5 Å². The van der Waals surface area contributed by atoms with Gasteiger partial charge in [-0.3, -0.25) is 9.59 Å². The van der Waals surface area contributed by atoms with E-state index >= 15 is 0 Å². The minimum absolute atomic E-state index is 0.00638. The lowest BCUT2D eigenvalue weighted by molar-refractivity contribution is -0.142. The Balaban J connectivity index is 2.19. The molecule has 0 heterocycles. The number of hydrogen-bond donors (Lipinski definition) is 1. The van der Waals surface area contributed by atoms with Crippen molar-refractivity contribution in [3.8, 4) is 5.75 Å². The van der Waals surface area contributed by atoms with Crippen LogP contribution in [0.4, 0.5) is 4.39 Å². The third-order valence-electron chi connectivity index (χ3n) is 5.33. The summed E-state index contributed by atoms with van der Waals surface area (Å²) in [4.78, 5) is 27.3. The number of nitrogens with one attached hydrogen (secondary N) is 1. The van der Waals surface area contributed by atoms with Crippen molar-refractivity contribution in [3.63, 3.8) is 0 Å². The van der Waals surface area contributed by atoms with Crippen molar-refractivity contribution in [2.24, 2.45) is 0 Å². The Kier molecular flexibility index (Phi) is 9.03. The van der Waals surface area contributed by atoms with Crippen LogP contribution in [-0.4, -0.2) is 35.4 Å². The molecule has 2 rings (SSSR count). The van der Waals surface area contributed by atoms with Gasteiger partial charge in [0.1, 0.15) is 17.6 Å². The number of halogens is 1. The molecule has 0 unspecified atom stereocenters. The highest BCUT2D eigenvalue weighted by atomic mass is 19.1. The van der Waals surface area contributed by atoms with Gasteiger partial charge in [-0.05, 0) is 55.5 Å².